The number of aromatic nitrogens is 1. The Bertz CT molecular complexity index is 703. The average molecular weight is 440 g/mol. The van der Waals surface area contributed by atoms with Crippen LogP contribution in [0.4, 0.5) is 0 Å². The van der Waals surface area contributed by atoms with E-state index in [1.165, 1.54) is 12.8 Å². The molecule has 0 spiro atoms. The van der Waals surface area contributed by atoms with Crippen molar-refractivity contribution in [3.05, 3.63) is 18.3 Å². The second-order valence-electron chi connectivity index (χ2n) is 8.33. The molecule has 1 saturated carbocycles. The number of hydrogen-bond donors (Lipinski definition) is 5. The van der Waals surface area contributed by atoms with Crippen molar-refractivity contribution in [1.29, 1.82) is 0 Å². The fourth-order valence-electron chi connectivity index (χ4n) is 2.86. The number of carbonyl (C=O) groups is 2. The molecule has 10 heteroatoms. The summed E-state index contributed by atoms with van der Waals surface area (Å²) in [6.45, 7) is 7.37. The van der Waals surface area contributed by atoms with Crippen molar-refractivity contribution in [2.75, 3.05) is 19.7 Å². The van der Waals surface area contributed by atoms with Crippen molar-refractivity contribution in [2.45, 2.75) is 51.4 Å². The molecular weight excluding hydrogens is 408 g/mol. The molecule has 1 aromatic heterocycles. The van der Waals surface area contributed by atoms with Crippen LogP contribution in [0.3, 0.4) is 0 Å². The summed E-state index contributed by atoms with van der Waals surface area (Å²) in [7, 11) is 0. The molecule has 1 aliphatic heterocycles. The third-order valence-electron chi connectivity index (χ3n) is 5.01. The fourth-order valence-corrected chi connectivity index (χ4v) is 2.86. The highest BCUT2D eigenvalue weighted by Gasteiger charge is 2.31. The van der Waals surface area contributed by atoms with Crippen LogP contribution < -0.4 is 14.8 Å². The average Bonchev–Trinajstić information content (AvgIpc) is 3.49. The molecule has 1 saturated heterocycles. The number of carboxylic acids is 2. The van der Waals surface area contributed by atoms with E-state index in [2.05, 4.69) is 24.1 Å². The molecule has 0 radical (unpaired) electrons. The van der Waals surface area contributed by atoms with E-state index in [4.69, 9.17) is 29.9 Å². The summed E-state index contributed by atoms with van der Waals surface area (Å²) in [5.41, 5.74) is 0. The van der Waals surface area contributed by atoms with Gasteiger partial charge in [0.25, 0.3) is 5.88 Å². The lowest BCUT2D eigenvalue weighted by atomic mass is 9.90. The molecule has 10 nitrogen and oxygen atoms in total. The van der Waals surface area contributed by atoms with Gasteiger partial charge in [-0.3, -0.25) is 0 Å². The van der Waals surface area contributed by atoms with Crippen molar-refractivity contribution in [2.24, 2.45) is 17.8 Å². The summed E-state index contributed by atoms with van der Waals surface area (Å²) in [6.07, 6.45) is 1.13. The Morgan fingerprint density at radius 2 is 1.77 bits per heavy atom. The Hall–Kier alpha value is -2.43. The van der Waals surface area contributed by atoms with Gasteiger partial charge in [-0.25, -0.2) is 14.6 Å². The summed E-state index contributed by atoms with van der Waals surface area (Å²) >= 11 is 0. The summed E-state index contributed by atoms with van der Waals surface area (Å²) < 4.78 is 12.1. The Kier molecular flexibility index (Phi) is 9.47. The lowest BCUT2D eigenvalue weighted by molar-refractivity contribution is -0.165. The molecule has 3 rings (SSSR count). The number of aliphatic hydroxyl groups is 2. The number of ether oxygens (including phenoxy) is 2. The number of carboxylic acid groups (broad SMARTS) is 2. The van der Waals surface area contributed by atoms with Crippen LogP contribution in [-0.2, 0) is 9.59 Å². The topological polar surface area (TPSA) is 158 Å². The van der Waals surface area contributed by atoms with Crippen molar-refractivity contribution >= 4 is 11.9 Å². The summed E-state index contributed by atoms with van der Waals surface area (Å²) in [5, 5.41) is 35.9. The van der Waals surface area contributed by atoms with E-state index in [9.17, 15) is 9.59 Å². The molecule has 3 unspecified atom stereocenters. The van der Waals surface area contributed by atoms with Gasteiger partial charge >= 0.3 is 11.9 Å². The van der Waals surface area contributed by atoms with Crippen LogP contribution in [-0.4, -0.2) is 75.4 Å². The second kappa shape index (κ2) is 11.8. The van der Waals surface area contributed by atoms with E-state index < -0.39 is 24.1 Å². The zero-order valence-electron chi connectivity index (χ0n) is 17.8. The number of aliphatic carboxylic acids is 2. The van der Waals surface area contributed by atoms with Gasteiger partial charge in [0, 0.05) is 25.2 Å². The SMILES string of the molecule is CC(C)CC(Oc1cccnc1OCC1CC1)C1CNC1.O=C(O)C(O)C(O)C(=O)O. The van der Waals surface area contributed by atoms with Gasteiger partial charge in [0.05, 0.1) is 6.61 Å². The molecule has 5 N–H and O–H groups in total. The van der Waals surface area contributed by atoms with Crippen LogP contribution in [0.25, 0.3) is 0 Å². The van der Waals surface area contributed by atoms with E-state index >= 15 is 0 Å². The molecule has 0 bridgehead atoms. The Labute approximate surface area is 181 Å². The first-order valence-corrected chi connectivity index (χ1v) is 10.5. The number of nitrogens with one attached hydrogen (secondary N) is 1. The molecule has 0 amide bonds. The van der Waals surface area contributed by atoms with Crippen LogP contribution in [0.2, 0.25) is 0 Å². The van der Waals surface area contributed by atoms with E-state index in [0.717, 1.165) is 37.8 Å². The van der Waals surface area contributed by atoms with Crippen LogP contribution in [0, 0.1) is 17.8 Å². The van der Waals surface area contributed by atoms with Gasteiger partial charge in [-0.15, -0.1) is 0 Å². The largest absolute Gasteiger partial charge is 0.484 e. The van der Waals surface area contributed by atoms with Crippen molar-refractivity contribution in [3.8, 4) is 11.6 Å². The predicted molar refractivity (Wildman–Crippen MR) is 110 cm³/mol. The smallest absolute Gasteiger partial charge is 0.335 e. The maximum Gasteiger partial charge on any atom is 0.335 e. The van der Waals surface area contributed by atoms with E-state index in [1.54, 1.807) is 6.20 Å². The van der Waals surface area contributed by atoms with Gasteiger partial charge in [0.1, 0.15) is 6.10 Å². The molecule has 2 aliphatic rings. The van der Waals surface area contributed by atoms with Gasteiger partial charge in [-0.1, -0.05) is 13.8 Å². The third-order valence-corrected chi connectivity index (χ3v) is 5.01. The monoisotopic (exact) mass is 440 g/mol. The lowest BCUT2D eigenvalue weighted by Gasteiger charge is -2.35. The van der Waals surface area contributed by atoms with E-state index in [-0.39, 0.29) is 6.10 Å². The molecular formula is C21H32N2O8. The highest BCUT2D eigenvalue weighted by Crippen LogP contribution is 2.33. The zero-order chi connectivity index (χ0) is 23.0. The van der Waals surface area contributed by atoms with Gasteiger partial charge in [0.2, 0.25) is 0 Å². The molecule has 1 aromatic rings. The quantitative estimate of drug-likeness (QED) is 0.332. The van der Waals surface area contributed by atoms with Crippen LogP contribution in [0.5, 0.6) is 11.6 Å². The van der Waals surface area contributed by atoms with E-state index in [1.807, 2.05) is 12.1 Å². The lowest BCUT2D eigenvalue weighted by Crippen LogP contribution is -2.50. The number of pyridine rings is 1. The zero-order valence-corrected chi connectivity index (χ0v) is 17.8. The van der Waals surface area contributed by atoms with E-state index in [0.29, 0.717) is 17.7 Å². The molecule has 174 valence electrons. The van der Waals surface area contributed by atoms with Crippen molar-refractivity contribution in [1.82, 2.24) is 10.3 Å². The molecule has 3 atom stereocenters. The Morgan fingerprint density at radius 3 is 2.23 bits per heavy atom. The summed E-state index contributed by atoms with van der Waals surface area (Å²) in [4.78, 5) is 23.9. The Morgan fingerprint density at radius 1 is 1.16 bits per heavy atom. The van der Waals surface area contributed by atoms with Gasteiger partial charge in [-0.2, -0.15) is 0 Å². The minimum Gasteiger partial charge on any atom is -0.484 e. The first-order chi connectivity index (χ1) is 14.7. The van der Waals surface area contributed by atoms with Crippen LogP contribution >= 0.6 is 0 Å². The first kappa shape index (κ1) is 24.8. The van der Waals surface area contributed by atoms with Gasteiger partial charge in [0.15, 0.2) is 18.0 Å². The standard InChI is InChI=1S/C17H26N2O2.C4H6O6/c1-12(2)8-16(14-9-18-10-14)21-15-4-3-7-19-17(15)20-11-13-5-6-13;5-1(3(7)8)2(6)4(9)10/h3-4,7,12-14,16,18H,5-6,8-11H2,1-2H3;1-2,5-6H,(H,7,8)(H,9,10). The minimum absolute atomic E-state index is 0.249. The molecule has 2 heterocycles. The van der Waals surface area contributed by atoms with Crippen LogP contribution in [0.15, 0.2) is 18.3 Å². The molecule has 0 aromatic carbocycles. The minimum atomic E-state index is -2.27. The van der Waals surface area contributed by atoms with Crippen molar-refractivity contribution in [3.63, 3.8) is 0 Å². The molecule has 31 heavy (non-hydrogen) atoms. The summed E-state index contributed by atoms with van der Waals surface area (Å²) in [5.74, 6) is -0.125. The third kappa shape index (κ3) is 8.31. The number of hydrogen-bond acceptors (Lipinski definition) is 8. The number of rotatable bonds is 11. The maximum atomic E-state index is 9.77. The molecule has 1 aliphatic carbocycles. The van der Waals surface area contributed by atoms with Crippen molar-refractivity contribution < 1.29 is 39.5 Å². The molecule has 2 fully saturated rings. The maximum absolute atomic E-state index is 9.77. The fraction of sp³-hybridized carbons (Fsp3) is 0.667. The first-order valence-electron chi connectivity index (χ1n) is 10.5. The summed E-state index contributed by atoms with van der Waals surface area (Å²) in [6, 6.07) is 3.90. The Balaban J connectivity index is 0.000000291. The van der Waals surface area contributed by atoms with Crippen LogP contribution in [0.1, 0.15) is 33.1 Å². The second-order valence-corrected chi connectivity index (χ2v) is 8.33. The number of aliphatic hydroxyl groups excluding tert-OH is 2. The van der Waals surface area contributed by atoms with Gasteiger partial charge in [-0.05, 0) is 43.2 Å². The highest BCUT2D eigenvalue weighted by atomic mass is 16.5. The predicted octanol–water partition coefficient (Wildman–Crippen LogP) is 0.761. The van der Waals surface area contributed by atoms with Gasteiger partial charge < -0.3 is 35.2 Å². The normalized spacial score (nSPS) is 18.7. The highest BCUT2D eigenvalue weighted by molar-refractivity contribution is 5.83. The number of nitrogens with zero attached hydrogens (tertiary/aromatic N) is 1.